The van der Waals surface area contributed by atoms with E-state index in [0.29, 0.717) is 0 Å². The molecule has 1 nitrogen and oxygen atoms in total. The molecule has 0 saturated carbocycles. The molecule has 0 aliphatic rings. The molecular formula is C14H26O. The van der Waals surface area contributed by atoms with Gasteiger partial charge in [0.1, 0.15) is 0 Å². The molecule has 0 bridgehead atoms. The Bertz CT molecular complexity index is 262. The van der Waals surface area contributed by atoms with Gasteiger partial charge in [-0.15, -0.1) is 0 Å². The number of aryl methyl sites for hydroxylation is 2. The first kappa shape index (κ1) is 16.6. The number of hydrogen-bond acceptors (Lipinski definition) is 1. The van der Waals surface area contributed by atoms with Gasteiger partial charge in [0.2, 0.25) is 0 Å². The summed E-state index contributed by atoms with van der Waals surface area (Å²) in [6.45, 7) is 14.9. The minimum atomic E-state index is 1.00. The van der Waals surface area contributed by atoms with Crippen molar-refractivity contribution in [3.63, 3.8) is 0 Å². The van der Waals surface area contributed by atoms with E-state index in [-0.39, 0.29) is 0 Å². The Morgan fingerprint density at radius 1 is 0.667 bits per heavy atom. The van der Waals surface area contributed by atoms with Crippen LogP contribution in [-0.4, -0.2) is 12.2 Å². The van der Waals surface area contributed by atoms with Crippen LogP contribution in [0.2, 0.25) is 0 Å². The van der Waals surface area contributed by atoms with Gasteiger partial charge in [0.15, 0.2) is 0 Å². The van der Waals surface area contributed by atoms with Crippen molar-refractivity contribution in [3.05, 3.63) is 33.9 Å². The first-order chi connectivity index (χ1) is 7.04. The van der Waals surface area contributed by atoms with Crippen molar-refractivity contribution in [2.24, 2.45) is 0 Å². The summed E-state index contributed by atoms with van der Waals surface area (Å²) in [4.78, 5) is 0. The molecule has 0 fully saturated rings. The van der Waals surface area contributed by atoms with Gasteiger partial charge in [0.25, 0.3) is 0 Å². The molecule has 0 aliphatic heterocycles. The van der Waals surface area contributed by atoms with Gasteiger partial charge in [0.05, 0.1) is 0 Å². The van der Waals surface area contributed by atoms with Gasteiger partial charge in [-0.2, -0.15) is 0 Å². The van der Waals surface area contributed by atoms with Crippen LogP contribution in [0.3, 0.4) is 0 Å². The van der Waals surface area contributed by atoms with Gasteiger partial charge >= 0.3 is 0 Å². The fourth-order valence-electron chi connectivity index (χ4n) is 1.41. The minimum Gasteiger partial charge on any atom is -0.400 e. The molecule has 15 heavy (non-hydrogen) atoms. The van der Waals surface area contributed by atoms with E-state index in [2.05, 4.69) is 40.7 Å². The minimum absolute atomic E-state index is 1.00. The summed E-state index contributed by atoms with van der Waals surface area (Å²) in [6.07, 6.45) is 0. The maximum atomic E-state index is 7.00. The Morgan fingerprint density at radius 2 is 0.933 bits per heavy atom. The highest BCUT2D eigenvalue weighted by Gasteiger charge is 2.02. The van der Waals surface area contributed by atoms with E-state index < -0.39 is 0 Å². The Balaban J connectivity index is 0. The normalized spacial score (nSPS) is 8.33. The highest BCUT2D eigenvalue weighted by atomic mass is 16.2. The lowest BCUT2D eigenvalue weighted by molar-refractivity contribution is 0.399. The summed E-state index contributed by atoms with van der Waals surface area (Å²) in [6, 6.07) is 2.26. The van der Waals surface area contributed by atoms with E-state index in [9.17, 15) is 0 Å². The van der Waals surface area contributed by atoms with Crippen LogP contribution in [0, 0.1) is 34.6 Å². The lowest BCUT2D eigenvalue weighted by Crippen LogP contribution is -1.93. The number of aliphatic hydroxyl groups is 1. The molecule has 88 valence electrons. The third kappa shape index (κ3) is 4.48. The molecule has 1 heteroatoms. The maximum absolute atomic E-state index is 7.00. The summed E-state index contributed by atoms with van der Waals surface area (Å²) >= 11 is 0. The second-order valence-corrected chi connectivity index (χ2v) is 3.39. The van der Waals surface area contributed by atoms with Crippen LogP contribution in [0.5, 0.6) is 0 Å². The monoisotopic (exact) mass is 210 g/mol. The molecule has 0 radical (unpaired) electrons. The summed E-state index contributed by atoms with van der Waals surface area (Å²) in [5.74, 6) is 0. The predicted octanol–water partition coefficient (Wildman–Crippen LogP) is 3.86. The van der Waals surface area contributed by atoms with Crippen molar-refractivity contribution >= 4 is 0 Å². The van der Waals surface area contributed by atoms with E-state index in [0.717, 1.165) is 7.11 Å². The predicted molar refractivity (Wildman–Crippen MR) is 69.6 cm³/mol. The van der Waals surface area contributed by atoms with Crippen LogP contribution >= 0.6 is 0 Å². The average Bonchev–Trinajstić information content (AvgIpc) is 2.29. The van der Waals surface area contributed by atoms with Crippen molar-refractivity contribution in [1.82, 2.24) is 0 Å². The molecule has 1 N–H and O–H groups in total. The Kier molecular flexibility index (Phi) is 9.39. The van der Waals surface area contributed by atoms with Crippen LogP contribution < -0.4 is 0 Å². The summed E-state index contributed by atoms with van der Waals surface area (Å²) in [5.41, 5.74) is 7.14. The molecule has 0 heterocycles. The quantitative estimate of drug-likeness (QED) is 0.689. The Hall–Kier alpha value is -0.820. The third-order valence-electron chi connectivity index (χ3n) is 2.74. The molecule has 0 aromatic heterocycles. The van der Waals surface area contributed by atoms with E-state index in [1.54, 1.807) is 0 Å². The molecule has 0 atom stereocenters. The van der Waals surface area contributed by atoms with Gasteiger partial charge in [-0.3, -0.25) is 0 Å². The van der Waals surface area contributed by atoms with E-state index in [1.165, 1.54) is 27.8 Å². The van der Waals surface area contributed by atoms with Crippen LogP contribution in [0.15, 0.2) is 6.07 Å². The van der Waals surface area contributed by atoms with Gasteiger partial charge in [-0.25, -0.2) is 0 Å². The molecule has 0 spiro atoms. The molecule has 1 aromatic carbocycles. The van der Waals surface area contributed by atoms with Crippen molar-refractivity contribution in [3.8, 4) is 0 Å². The Labute approximate surface area is 95.2 Å². The second kappa shape index (κ2) is 8.49. The summed E-state index contributed by atoms with van der Waals surface area (Å²) in [7, 11) is 1.00. The van der Waals surface area contributed by atoms with Crippen LogP contribution in [-0.2, 0) is 0 Å². The fraction of sp³-hybridized carbons (Fsp3) is 0.571. The van der Waals surface area contributed by atoms with Gasteiger partial charge in [0, 0.05) is 7.11 Å². The number of benzene rings is 1. The van der Waals surface area contributed by atoms with E-state index in [1.807, 2.05) is 13.8 Å². The molecule has 1 aromatic rings. The molecule has 0 amide bonds. The van der Waals surface area contributed by atoms with Crippen molar-refractivity contribution in [1.29, 1.82) is 0 Å². The molecular weight excluding hydrogens is 184 g/mol. The zero-order chi connectivity index (χ0) is 12.6. The smallest absolute Gasteiger partial charge is 0.0319 e. The molecule has 1 rings (SSSR count). The van der Waals surface area contributed by atoms with Crippen LogP contribution in [0.4, 0.5) is 0 Å². The number of rotatable bonds is 0. The van der Waals surface area contributed by atoms with Crippen molar-refractivity contribution in [2.45, 2.75) is 48.5 Å². The summed E-state index contributed by atoms with van der Waals surface area (Å²) < 4.78 is 0. The van der Waals surface area contributed by atoms with Gasteiger partial charge < -0.3 is 5.11 Å². The SMILES string of the molecule is CC.CO.Cc1cc(C)c(C)c(C)c1C. The zero-order valence-corrected chi connectivity index (χ0v) is 11.5. The second-order valence-electron chi connectivity index (χ2n) is 3.39. The molecule has 0 aliphatic carbocycles. The third-order valence-corrected chi connectivity index (χ3v) is 2.74. The van der Waals surface area contributed by atoms with Crippen LogP contribution in [0.1, 0.15) is 41.7 Å². The number of hydrogen-bond donors (Lipinski definition) is 1. The van der Waals surface area contributed by atoms with E-state index >= 15 is 0 Å². The first-order valence-corrected chi connectivity index (χ1v) is 5.52. The lowest BCUT2D eigenvalue weighted by Gasteiger charge is -2.10. The van der Waals surface area contributed by atoms with E-state index in [4.69, 9.17) is 5.11 Å². The summed E-state index contributed by atoms with van der Waals surface area (Å²) in [5, 5.41) is 7.00. The van der Waals surface area contributed by atoms with Gasteiger partial charge in [-0.1, -0.05) is 19.9 Å². The highest BCUT2D eigenvalue weighted by molar-refractivity contribution is 5.42. The van der Waals surface area contributed by atoms with Gasteiger partial charge in [-0.05, 0) is 62.4 Å². The fourth-order valence-corrected chi connectivity index (χ4v) is 1.41. The average molecular weight is 210 g/mol. The molecule has 0 saturated heterocycles. The van der Waals surface area contributed by atoms with Crippen molar-refractivity contribution in [2.75, 3.05) is 7.11 Å². The zero-order valence-electron chi connectivity index (χ0n) is 11.5. The number of aliphatic hydroxyl groups excluding tert-OH is 1. The standard InChI is InChI=1S/C11H16.C2H6.CH4O/c1-7-6-8(2)10(4)11(5)9(7)3;2*1-2/h6H,1-5H3;1-2H3;2H,1H3. The first-order valence-electron chi connectivity index (χ1n) is 5.52. The largest absolute Gasteiger partial charge is 0.400 e. The lowest BCUT2D eigenvalue weighted by atomic mass is 9.96. The Morgan fingerprint density at radius 3 is 1.20 bits per heavy atom. The topological polar surface area (TPSA) is 20.2 Å². The highest BCUT2D eigenvalue weighted by Crippen LogP contribution is 2.19. The van der Waals surface area contributed by atoms with Crippen LogP contribution in [0.25, 0.3) is 0 Å². The molecule has 0 unspecified atom stereocenters. The maximum Gasteiger partial charge on any atom is 0.0319 e. The van der Waals surface area contributed by atoms with Crippen molar-refractivity contribution < 1.29 is 5.11 Å².